The molecule has 0 unspecified atom stereocenters. The molecule has 0 saturated carbocycles. The molecular formula is C22H29N5O4. The molecule has 4 heterocycles. The standard InChI is InChI=1S/C22H29N5O4/c1-3-16-19-18(13-22(14-24-20(19)28)6-11-30-12-7-22)27(26-16)9-4-10-31-21(29)17-5-8-23-15(2)25-17/h5,8H,3-4,6-7,9-14H2,1-2H3,(H,24,28). The first kappa shape index (κ1) is 21.4. The van der Waals surface area contributed by atoms with Crippen molar-refractivity contribution in [3.8, 4) is 0 Å². The highest BCUT2D eigenvalue weighted by atomic mass is 16.5. The van der Waals surface area contributed by atoms with Crippen LogP contribution in [0.3, 0.4) is 0 Å². The number of hydrogen-bond acceptors (Lipinski definition) is 7. The molecule has 2 aliphatic rings. The molecule has 2 aromatic heterocycles. The minimum Gasteiger partial charge on any atom is -0.461 e. The number of amides is 1. The minimum atomic E-state index is -0.459. The number of nitrogens with one attached hydrogen (secondary N) is 1. The number of hydrogen-bond donors (Lipinski definition) is 1. The van der Waals surface area contributed by atoms with Gasteiger partial charge in [-0.25, -0.2) is 14.8 Å². The number of carbonyl (C=O) groups is 2. The van der Waals surface area contributed by atoms with Crippen LogP contribution in [0.5, 0.6) is 0 Å². The molecule has 9 nitrogen and oxygen atoms in total. The quantitative estimate of drug-likeness (QED) is 0.554. The number of fused-ring (bicyclic) bond motifs is 1. The van der Waals surface area contributed by atoms with E-state index in [1.54, 1.807) is 19.2 Å². The van der Waals surface area contributed by atoms with Crippen LogP contribution in [-0.4, -0.2) is 58.0 Å². The summed E-state index contributed by atoms with van der Waals surface area (Å²) in [6.45, 7) is 6.69. The second-order valence-corrected chi connectivity index (χ2v) is 8.30. The number of ether oxygens (including phenoxy) is 2. The maximum absolute atomic E-state index is 12.9. The summed E-state index contributed by atoms with van der Waals surface area (Å²) < 4.78 is 12.9. The zero-order valence-electron chi connectivity index (χ0n) is 18.1. The first-order valence-electron chi connectivity index (χ1n) is 10.9. The third-order valence-corrected chi connectivity index (χ3v) is 6.14. The lowest BCUT2D eigenvalue weighted by Gasteiger charge is -2.36. The zero-order valence-corrected chi connectivity index (χ0v) is 18.1. The highest BCUT2D eigenvalue weighted by molar-refractivity contribution is 5.97. The summed E-state index contributed by atoms with van der Waals surface area (Å²) in [5.74, 6) is 0.0349. The Morgan fingerprint density at radius 2 is 2.16 bits per heavy atom. The summed E-state index contributed by atoms with van der Waals surface area (Å²) in [5, 5.41) is 7.86. The van der Waals surface area contributed by atoms with Crippen molar-refractivity contribution in [2.24, 2.45) is 5.41 Å². The van der Waals surface area contributed by atoms with Crippen molar-refractivity contribution >= 4 is 11.9 Å². The topological polar surface area (TPSA) is 108 Å². The third kappa shape index (κ3) is 4.61. The Morgan fingerprint density at radius 3 is 2.90 bits per heavy atom. The van der Waals surface area contributed by atoms with Gasteiger partial charge in [0, 0.05) is 38.9 Å². The average Bonchev–Trinajstić information content (AvgIpc) is 3.05. The fraction of sp³-hybridized carbons (Fsp3) is 0.591. The normalized spacial score (nSPS) is 17.7. The number of nitrogens with zero attached hydrogens (tertiary/aromatic N) is 4. The van der Waals surface area contributed by atoms with Gasteiger partial charge in [-0.15, -0.1) is 0 Å². The van der Waals surface area contributed by atoms with E-state index in [0.717, 1.165) is 49.4 Å². The largest absolute Gasteiger partial charge is 0.461 e. The third-order valence-electron chi connectivity index (χ3n) is 6.14. The first-order valence-corrected chi connectivity index (χ1v) is 10.9. The van der Waals surface area contributed by atoms with Crippen LogP contribution in [0.15, 0.2) is 12.3 Å². The highest BCUT2D eigenvalue weighted by Crippen LogP contribution is 2.37. The van der Waals surface area contributed by atoms with E-state index in [1.165, 1.54) is 0 Å². The van der Waals surface area contributed by atoms with Gasteiger partial charge in [0.2, 0.25) is 0 Å². The van der Waals surface area contributed by atoms with E-state index in [4.69, 9.17) is 14.6 Å². The van der Waals surface area contributed by atoms with E-state index in [9.17, 15) is 9.59 Å². The number of rotatable bonds is 6. The van der Waals surface area contributed by atoms with Gasteiger partial charge in [-0.1, -0.05) is 6.92 Å². The molecule has 2 aromatic rings. The van der Waals surface area contributed by atoms with Crippen molar-refractivity contribution in [2.75, 3.05) is 26.4 Å². The molecule has 4 rings (SSSR count). The van der Waals surface area contributed by atoms with Crippen LogP contribution in [-0.2, 0) is 28.9 Å². The van der Waals surface area contributed by atoms with E-state index in [0.29, 0.717) is 31.8 Å². The first-order chi connectivity index (χ1) is 15.0. The van der Waals surface area contributed by atoms with E-state index in [2.05, 4.69) is 15.3 Å². The van der Waals surface area contributed by atoms with Crippen LogP contribution >= 0.6 is 0 Å². The monoisotopic (exact) mass is 427 g/mol. The van der Waals surface area contributed by atoms with Gasteiger partial charge in [-0.05, 0) is 44.1 Å². The molecule has 1 amide bonds. The maximum Gasteiger partial charge on any atom is 0.357 e. The SMILES string of the molecule is CCc1nn(CCCOC(=O)c2ccnc(C)n2)c2c1C(=O)NCC1(CCOCC1)C2. The minimum absolute atomic E-state index is 0.0132. The Balaban J connectivity index is 1.45. The van der Waals surface area contributed by atoms with Crippen molar-refractivity contribution in [2.45, 2.75) is 52.5 Å². The van der Waals surface area contributed by atoms with Gasteiger partial charge < -0.3 is 14.8 Å². The van der Waals surface area contributed by atoms with Gasteiger partial charge in [0.1, 0.15) is 5.82 Å². The number of aromatic nitrogens is 4. The second-order valence-electron chi connectivity index (χ2n) is 8.30. The summed E-state index contributed by atoms with van der Waals surface area (Å²) in [5.41, 5.74) is 2.81. The lowest BCUT2D eigenvalue weighted by Crippen LogP contribution is -2.40. The fourth-order valence-corrected chi connectivity index (χ4v) is 4.38. The van der Waals surface area contributed by atoms with Gasteiger partial charge in [0.05, 0.1) is 23.6 Å². The fourth-order valence-electron chi connectivity index (χ4n) is 4.38. The molecule has 0 radical (unpaired) electrons. The van der Waals surface area contributed by atoms with Crippen molar-refractivity contribution < 1.29 is 19.1 Å². The van der Waals surface area contributed by atoms with Gasteiger partial charge >= 0.3 is 5.97 Å². The summed E-state index contributed by atoms with van der Waals surface area (Å²) in [4.78, 5) is 33.1. The van der Waals surface area contributed by atoms with E-state index in [-0.39, 0.29) is 23.6 Å². The van der Waals surface area contributed by atoms with Crippen molar-refractivity contribution in [1.82, 2.24) is 25.1 Å². The summed E-state index contributed by atoms with van der Waals surface area (Å²) in [6.07, 6.45) is 5.50. The Kier molecular flexibility index (Phi) is 6.31. The van der Waals surface area contributed by atoms with Crippen molar-refractivity contribution in [1.29, 1.82) is 0 Å². The smallest absolute Gasteiger partial charge is 0.357 e. The Morgan fingerprint density at radius 1 is 1.35 bits per heavy atom. The number of aryl methyl sites for hydroxylation is 3. The number of carbonyl (C=O) groups excluding carboxylic acids is 2. The van der Waals surface area contributed by atoms with Gasteiger partial charge in [-0.3, -0.25) is 9.48 Å². The predicted octanol–water partition coefficient (Wildman–Crippen LogP) is 1.87. The molecule has 1 saturated heterocycles. The molecule has 1 spiro atoms. The van der Waals surface area contributed by atoms with Crippen LogP contribution in [0.4, 0.5) is 0 Å². The molecule has 1 fully saturated rings. The van der Waals surface area contributed by atoms with E-state index < -0.39 is 5.97 Å². The molecule has 166 valence electrons. The van der Waals surface area contributed by atoms with Gasteiger partial charge in [0.15, 0.2) is 5.69 Å². The summed E-state index contributed by atoms with van der Waals surface area (Å²) in [6, 6.07) is 1.54. The Labute approximate surface area is 181 Å². The van der Waals surface area contributed by atoms with Crippen molar-refractivity contribution in [3.05, 3.63) is 40.7 Å². The molecule has 9 heteroatoms. The number of esters is 1. The molecule has 2 aliphatic heterocycles. The van der Waals surface area contributed by atoms with Crippen molar-refractivity contribution in [3.63, 3.8) is 0 Å². The maximum atomic E-state index is 12.9. The Hall–Kier alpha value is -2.81. The van der Waals surface area contributed by atoms with Crippen LogP contribution < -0.4 is 5.32 Å². The van der Waals surface area contributed by atoms with Gasteiger partial charge in [-0.2, -0.15) is 5.10 Å². The molecule has 1 N–H and O–H groups in total. The van der Waals surface area contributed by atoms with Crippen LogP contribution in [0, 0.1) is 12.3 Å². The van der Waals surface area contributed by atoms with Gasteiger partial charge in [0.25, 0.3) is 5.91 Å². The molecular weight excluding hydrogens is 398 g/mol. The lowest BCUT2D eigenvalue weighted by atomic mass is 9.76. The molecule has 0 atom stereocenters. The predicted molar refractivity (Wildman–Crippen MR) is 112 cm³/mol. The summed E-state index contributed by atoms with van der Waals surface area (Å²) in [7, 11) is 0. The highest BCUT2D eigenvalue weighted by Gasteiger charge is 2.39. The van der Waals surface area contributed by atoms with E-state index in [1.807, 2.05) is 11.6 Å². The lowest BCUT2D eigenvalue weighted by molar-refractivity contribution is 0.0152. The second kappa shape index (κ2) is 9.13. The van der Waals surface area contributed by atoms with Crippen LogP contribution in [0.1, 0.15) is 64.2 Å². The molecule has 31 heavy (non-hydrogen) atoms. The van der Waals surface area contributed by atoms with Crippen LogP contribution in [0.2, 0.25) is 0 Å². The Bertz CT molecular complexity index is 965. The molecule has 0 bridgehead atoms. The average molecular weight is 428 g/mol. The van der Waals surface area contributed by atoms with E-state index >= 15 is 0 Å². The zero-order chi connectivity index (χ0) is 21.8. The molecule has 0 aliphatic carbocycles. The summed E-state index contributed by atoms with van der Waals surface area (Å²) >= 11 is 0. The molecule has 0 aromatic carbocycles. The van der Waals surface area contributed by atoms with Crippen LogP contribution in [0.25, 0.3) is 0 Å².